The van der Waals surface area contributed by atoms with Gasteiger partial charge >= 0.3 is 0 Å². The Hall–Kier alpha value is -2.53. The topological polar surface area (TPSA) is 42.0 Å². The average Bonchev–Trinajstić information content (AvgIpc) is 2.96. The quantitative estimate of drug-likeness (QED) is 0.698. The van der Waals surface area contributed by atoms with Gasteiger partial charge in [-0.2, -0.15) is 0 Å². The van der Waals surface area contributed by atoms with Crippen molar-refractivity contribution in [3.05, 3.63) is 76.0 Å². The van der Waals surface area contributed by atoms with E-state index in [9.17, 15) is 9.18 Å². The highest BCUT2D eigenvalue weighted by molar-refractivity contribution is 7.15. The lowest BCUT2D eigenvalue weighted by Crippen LogP contribution is -2.27. The van der Waals surface area contributed by atoms with E-state index in [4.69, 9.17) is 0 Å². The third kappa shape index (κ3) is 4.76. The zero-order valence-electron chi connectivity index (χ0n) is 14.9. The van der Waals surface area contributed by atoms with Crippen molar-refractivity contribution >= 4 is 17.2 Å². The average molecular weight is 368 g/mol. The highest BCUT2D eigenvalue weighted by atomic mass is 32.1. The number of halogens is 1. The molecule has 0 bridgehead atoms. The Morgan fingerprint density at radius 2 is 1.92 bits per heavy atom. The molecular formula is C21H21FN2OS. The number of amides is 1. The van der Waals surface area contributed by atoms with Gasteiger partial charge in [0.25, 0.3) is 0 Å². The van der Waals surface area contributed by atoms with Crippen LogP contribution in [0.2, 0.25) is 0 Å². The molecule has 0 aliphatic rings. The van der Waals surface area contributed by atoms with Crippen LogP contribution in [-0.4, -0.2) is 17.4 Å². The van der Waals surface area contributed by atoms with E-state index in [1.54, 1.807) is 23.5 Å². The monoisotopic (exact) mass is 368 g/mol. The maximum absolute atomic E-state index is 13.1. The summed E-state index contributed by atoms with van der Waals surface area (Å²) in [5.41, 5.74) is 4.05. The Morgan fingerprint density at radius 1 is 1.15 bits per heavy atom. The van der Waals surface area contributed by atoms with Crippen LogP contribution >= 0.6 is 11.3 Å². The van der Waals surface area contributed by atoms with Crippen LogP contribution in [0.15, 0.2) is 48.5 Å². The molecule has 0 aliphatic carbocycles. The van der Waals surface area contributed by atoms with Gasteiger partial charge in [-0.25, -0.2) is 9.37 Å². The number of nitrogens with one attached hydrogen (secondary N) is 1. The minimum atomic E-state index is -0.251. The molecule has 0 saturated carbocycles. The SMILES string of the molecule is Cc1cccc(CC(=O)NCCc2sc(-c3ccc(F)cc3)nc2C)c1. The summed E-state index contributed by atoms with van der Waals surface area (Å²) in [5.74, 6) is -0.227. The molecule has 26 heavy (non-hydrogen) atoms. The van der Waals surface area contributed by atoms with E-state index in [0.717, 1.165) is 38.7 Å². The molecule has 5 heteroatoms. The van der Waals surface area contributed by atoms with Crippen LogP contribution in [0.1, 0.15) is 21.7 Å². The summed E-state index contributed by atoms with van der Waals surface area (Å²) in [4.78, 5) is 17.8. The molecule has 3 rings (SSSR count). The molecule has 0 unspecified atom stereocenters. The Bertz CT molecular complexity index is 903. The van der Waals surface area contributed by atoms with Crippen LogP contribution in [0.5, 0.6) is 0 Å². The maximum Gasteiger partial charge on any atom is 0.224 e. The van der Waals surface area contributed by atoms with Crippen molar-refractivity contribution < 1.29 is 9.18 Å². The second-order valence-corrected chi connectivity index (χ2v) is 7.38. The first-order valence-electron chi connectivity index (χ1n) is 8.56. The van der Waals surface area contributed by atoms with Crippen LogP contribution in [0.3, 0.4) is 0 Å². The van der Waals surface area contributed by atoms with Crippen molar-refractivity contribution in [2.45, 2.75) is 26.7 Å². The second kappa shape index (κ2) is 8.23. The Balaban J connectivity index is 1.55. The molecule has 2 aromatic carbocycles. The molecule has 0 spiro atoms. The summed E-state index contributed by atoms with van der Waals surface area (Å²) in [7, 11) is 0. The van der Waals surface area contributed by atoms with Crippen molar-refractivity contribution in [2.24, 2.45) is 0 Å². The highest BCUT2D eigenvalue weighted by Crippen LogP contribution is 2.28. The normalized spacial score (nSPS) is 10.7. The lowest BCUT2D eigenvalue weighted by Gasteiger charge is -2.05. The largest absolute Gasteiger partial charge is 0.355 e. The lowest BCUT2D eigenvalue weighted by atomic mass is 10.1. The number of carbonyl (C=O) groups is 1. The van der Waals surface area contributed by atoms with Crippen LogP contribution < -0.4 is 5.32 Å². The summed E-state index contributed by atoms with van der Waals surface area (Å²) in [6, 6.07) is 14.3. The second-order valence-electron chi connectivity index (χ2n) is 6.30. The summed E-state index contributed by atoms with van der Waals surface area (Å²) < 4.78 is 13.1. The number of benzene rings is 2. The fraction of sp³-hybridized carbons (Fsp3) is 0.238. The molecule has 1 heterocycles. The zero-order valence-corrected chi connectivity index (χ0v) is 15.7. The van der Waals surface area contributed by atoms with Crippen LogP contribution in [0, 0.1) is 19.7 Å². The Kier molecular flexibility index (Phi) is 5.78. The van der Waals surface area contributed by atoms with Crippen molar-refractivity contribution in [2.75, 3.05) is 6.54 Å². The summed E-state index contributed by atoms with van der Waals surface area (Å²) in [6.07, 6.45) is 1.13. The molecule has 0 atom stereocenters. The molecule has 0 aliphatic heterocycles. The van der Waals surface area contributed by atoms with E-state index in [0.29, 0.717) is 13.0 Å². The third-order valence-corrected chi connectivity index (χ3v) is 5.37. The van der Waals surface area contributed by atoms with Crippen LogP contribution in [0.25, 0.3) is 10.6 Å². The molecule has 1 amide bonds. The minimum absolute atomic E-state index is 0.0246. The molecule has 0 fully saturated rings. The van der Waals surface area contributed by atoms with Gasteiger partial charge in [-0.1, -0.05) is 29.8 Å². The number of rotatable bonds is 6. The molecule has 1 aromatic heterocycles. The van der Waals surface area contributed by atoms with Crippen molar-refractivity contribution in [3.63, 3.8) is 0 Å². The number of carbonyl (C=O) groups excluding carboxylic acids is 1. The van der Waals surface area contributed by atoms with E-state index >= 15 is 0 Å². The fourth-order valence-corrected chi connectivity index (χ4v) is 3.83. The van der Waals surface area contributed by atoms with Gasteiger partial charge in [0.15, 0.2) is 0 Å². The van der Waals surface area contributed by atoms with E-state index in [-0.39, 0.29) is 11.7 Å². The first kappa shape index (κ1) is 18.3. The van der Waals surface area contributed by atoms with E-state index in [1.807, 2.05) is 38.1 Å². The van der Waals surface area contributed by atoms with E-state index < -0.39 is 0 Å². The summed E-state index contributed by atoms with van der Waals surface area (Å²) in [5, 5.41) is 3.85. The minimum Gasteiger partial charge on any atom is -0.355 e. The van der Waals surface area contributed by atoms with E-state index in [1.165, 1.54) is 12.1 Å². The predicted molar refractivity (Wildman–Crippen MR) is 104 cm³/mol. The Morgan fingerprint density at radius 3 is 2.65 bits per heavy atom. The number of nitrogens with zero attached hydrogens (tertiary/aromatic N) is 1. The lowest BCUT2D eigenvalue weighted by molar-refractivity contribution is -0.120. The molecule has 3 aromatic rings. The van der Waals surface area contributed by atoms with Gasteiger partial charge in [0.1, 0.15) is 10.8 Å². The molecule has 134 valence electrons. The molecule has 0 saturated heterocycles. The van der Waals surface area contributed by atoms with Crippen LogP contribution in [-0.2, 0) is 17.6 Å². The van der Waals surface area contributed by atoms with Crippen molar-refractivity contribution in [1.29, 1.82) is 0 Å². The summed E-state index contributed by atoms with van der Waals surface area (Å²) >= 11 is 1.59. The van der Waals surface area contributed by atoms with Crippen LogP contribution in [0.4, 0.5) is 4.39 Å². The van der Waals surface area contributed by atoms with Gasteiger partial charge in [-0.15, -0.1) is 11.3 Å². The number of thiazole rings is 1. The first-order valence-corrected chi connectivity index (χ1v) is 9.37. The number of aryl methyl sites for hydroxylation is 2. The van der Waals surface area contributed by atoms with E-state index in [2.05, 4.69) is 10.3 Å². The van der Waals surface area contributed by atoms with Crippen molar-refractivity contribution in [3.8, 4) is 10.6 Å². The number of hydrogen-bond donors (Lipinski definition) is 1. The molecular weight excluding hydrogens is 347 g/mol. The first-order chi connectivity index (χ1) is 12.5. The summed E-state index contributed by atoms with van der Waals surface area (Å²) in [6.45, 7) is 4.57. The highest BCUT2D eigenvalue weighted by Gasteiger charge is 2.10. The van der Waals surface area contributed by atoms with Crippen molar-refractivity contribution in [1.82, 2.24) is 10.3 Å². The maximum atomic E-state index is 13.1. The van der Waals surface area contributed by atoms with Gasteiger partial charge in [0.05, 0.1) is 12.1 Å². The van der Waals surface area contributed by atoms with Gasteiger partial charge < -0.3 is 5.32 Å². The number of hydrogen-bond acceptors (Lipinski definition) is 3. The molecule has 0 radical (unpaired) electrons. The zero-order chi connectivity index (χ0) is 18.5. The molecule has 1 N–H and O–H groups in total. The smallest absolute Gasteiger partial charge is 0.224 e. The number of aromatic nitrogens is 1. The van der Waals surface area contributed by atoms with Gasteiger partial charge in [0.2, 0.25) is 5.91 Å². The van der Waals surface area contributed by atoms with Gasteiger partial charge in [0, 0.05) is 23.4 Å². The van der Waals surface area contributed by atoms with Gasteiger partial charge in [-0.3, -0.25) is 4.79 Å². The standard InChI is InChI=1S/C21H21FN2OS/c1-14-4-3-5-16(12-14)13-20(25)23-11-10-19-15(2)24-21(26-19)17-6-8-18(22)9-7-17/h3-9,12H,10-11,13H2,1-2H3,(H,23,25). The third-order valence-electron chi connectivity index (χ3n) is 4.11. The Labute approximate surface area is 156 Å². The predicted octanol–water partition coefficient (Wildman–Crippen LogP) is 4.47. The molecule has 3 nitrogen and oxygen atoms in total. The fourth-order valence-electron chi connectivity index (χ4n) is 2.76. The van der Waals surface area contributed by atoms with Gasteiger partial charge in [-0.05, 0) is 43.7 Å².